The molecule has 1 saturated carbocycles. The fraction of sp³-hybridized carbons (Fsp3) is 0.321. The number of aryl methyl sites for hydroxylation is 2. The molecule has 0 unspecified atom stereocenters. The van der Waals surface area contributed by atoms with Gasteiger partial charge in [-0.15, -0.1) is 11.3 Å². The Bertz CT molecular complexity index is 1350. The molecule has 4 aromatic rings. The Morgan fingerprint density at radius 2 is 1.79 bits per heavy atom. The van der Waals surface area contributed by atoms with E-state index in [9.17, 15) is 9.59 Å². The van der Waals surface area contributed by atoms with Crippen molar-refractivity contribution in [2.45, 2.75) is 52.0 Å². The van der Waals surface area contributed by atoms with E-state index in [1.54, 1.807) is 4.90 Å². The summed E-state index contributed by atoms with van der Waals surface area (Å²) in [6.07, 6.45) is 5.24. The summed E-state index contributed by atoms with van der Waals surface area (Å²) in [7, 11) is 0. The van der Waals surface area contributed by atoms with Crippen LogP contribution in [0.3, 0.4) is 0 Å². The lowest BCUT2D eigenvalue weighted by Gasteiger charge is -2.23. The smallest absolute Gasteiger partial charge is 0.268 e. The fourth-order valence-corrected chi connectivity index (χ4v) is 5.62. The van der Waals surface area contributed by atoms with Crippen LogP contribution >= 0.6 is 11.3 Å². The lowest BCUT2D eigenvalue weighted by molar-refractivity contribution is -0.120. The first kappa shape index (κ1) is 22.5. The van der Waals surface area contributed by atoms with Crippen LogP contribution in [-0.4, -0.2) is 29.4 Å². The van der Waals surface area contributed by atoms with Gasteiger partial charge in [0.2, 0.25) is 5.91 Å². The van der Waals surface area contributed by atoms with Gasteiger partial charge in [-0.05, 0) is 67.6 Å². The maximum Gasteiger partial charge on any atom is 0.268 e. The number of carbonyl (C=O) groups is 2. The van der Waals surface area contributed by atoms with Crippen molar-refractivity contribution in [2.75, 3.05) is 11.4 Å². The molecule has 6 heteroatoms. The van der Waals surface area contributed by atoms with Crippen LogP contribution in [0.1, 0.15) is 53.4 Å². The summed E-state index contributed by atoms with van der Waals surface area (Å²) in [6, 6.07) is 18.3. The number of pyridine rings is 1. The number of hydrogen-bond acceptors (Lipinski definition) is 4. The number of thiophene rings is 1. The summed E-state index contributed by atoms with van der Waals surface area (Å²) in [4.78, 5) is 34.4. The van der Waals surface area contributed by atoms with E-state index in [0.29, 0.717) is 4.88 Å². The molecule has 2 amide bonds. The van der Waals surface area contributed by atoms with Gasteiger partial charge in [0.15, 0.2) is 0 Å². The predicted molar refractivity (Wildman–Crippen MR) is 140 cm³/mol. The van der Waals surface area contributed by atoms with Crippen LogP contribution in [0, 0.1) is 6.92 Å². The fourth-order valence-electron chi connectivity index (χ4n) is 4.65. The first-order valence-electron chi connectivity index (χ1n) is 12.0. The molecule has 1 N–H and O–H groups in total. The van der Waals surface area contributed by atoms with Gasteiger partial charge >= 0.3 is 0 Å². The number of amides is 2. The zero-order valence-electron chi connectivity index (χ0n) is 19.6. The Balaban J connectivity index is 1.47. The molecule has 0 spiro atoms. The molecule has 1 aliphatic carbocycles. The van der Waals surface area contributed by atoms with Crippen LogP contribution in [0.25, 0.3) is 21.1 Å². The summed E-state index contributed by atoms with van der Waals surface area (Å²) in [5.41, 5.74) is 4.01. The molecule has 0 radical (unpaired) electrons. The Kier molecular flexibility index (Phi) is 6.33. The Morgan fingerprint density at radius 3 is 2.53 bits per heavy atom. The van der Waals surface area contributed by atoms with Crippen LogP contribution < -0.4 is 10.2 Å². The van der Waals surface area contributed by atoms with Crippen LogP contribution in [0.2, 0.25) is 0 Å². The number of benzene rings is 2. The van der Waals surface area contributed by atoms with Gasteiger partial charge in [-0.2, -0.15) is 0 Å². The summed E-state index contributed by atoms with van der Waals surface area (Å²) in [5.74, 6) is -0.283. The van der Waals surface area contributed by atoms with Crippen molar-refractivity contribution in [2.24, 2.45) is 0 Å². The van der Waals surface area contributed by atoms with Crippen molar-refractivity contribution in [1.29, 1.82) is 0 Å². The molecule has 2 aromatic heterocycles. The van der Waals surface area contributed by atoms with Gasteiger partial charge in [0, 0.05) is 22.5 Å². The standard InChI is InChI=1S/C28H29N3O2S/c1-3-19-9-12-23(13-10-19)31(17-26(32)29-22-6-4-5-7-22)28(33)25-16-21-15-20-11-8-18(2)14-24(20)30-27(21)34-25/h8-16,22H,3-7,17H2,1-2H3,(H,29,32). The number of fused-ring (bicyclic) bond motifs is 2. The second-order valence-corrected chi connectivity index (χ2v) is 10.2. The predicted octanol–water partition coefficient (Wildman–Crippen LogP) is 6.03. The van der Waals surface area contributed by atoms with Gasteiger partial charge in [0.25, 0.3) is 5.91 Å². The van der Waals surface area contributed by atoms with Gasteiger partial charge in [-0.25, -0.2) is 4.98 Å². The number of carbonyl (C=O) groups excluding carboxylic acids is 2. The maximum atomic E-state index is 13.7. The van der Waals surface area contributed by atoms with Gasteiger partial charge in [-0.1, -0.05) is 44.0 Å². The van der Waals surface area contributed by atoms with E-state index in [1.165, 1.54) is 16.9 Å². The second kappa shape index (κ2) is 9.55. The highest BCUT2D eigenvalue weighted by Gasteiger charge is 2.25. The van der Waals surface area contributed by atoms with E-state index in [-0.39, 0.29) is 24.4 Å². The molecule has 0 atom stereocenters. The molecular weight excluding hydrogens is 442 g/mol. The average molecular weight is 472 g/mol. The highest BCUT2D eigenvalue weighted by atomic mass is 32.1. The minimum Gasteiger partial charge on any atom is -0.352 e. The minimum absolute atomic E-state index is 0.00362. The number of nitrogens with zero attached hydrogens (tertiary/aromatic N) is 2. The Morgan fingerprint density at radius 1 is 1.03 bits per heavy atom. The SMILES string of the molecule is CCc1ccc(N(CC(=O)NC2CCCC2)C(=O)c2cc3cc4ccc(C)cc4nc3s2)cc1. The number of nitrogens with one attached hydrogen (secondary N) is 1. The van der Waals surface area contributed by atoms with Crippen LogP contribution in [0.5, 0.6) is 0 Å². The molecule has 2 aromatic carbocycles. The van der Waals surface area contributed by atoms with Crippen molar-refractivity contribution >= 4 is 50.0 Å². The maximum absolute atomic E-state index is 13.7. The molecule has 174 valence electrons. The summed E-state index contributed by atoms with van der Waals surface area (Å²) in [6.45, 7) is 4.15. The molecular formula is C28H29N3O2S. The third kappa shape index (κ3) is 4.68. The van der Waals surface area contributed by atoms with E-state index < -0.39 is 0 Å². The van der Waals surface area contributed by atoms with E-state index >= 15 is 0 Å². The third-order valence-electron chi connectivity index (χ3n) is 6.59. The highest BCUT2D eigenvalue weighted by Crippen LogP contribution is 2.30. The normalized spacial score (nSPS) is 14.1. The number of hydrogen-bond donors (Lipinski definition) is 1. The summed E-state index contributed by atoms with van der Waals surface area (Å²) < 4.78 is 0. The van der Waals surface area contributed by atoms with E-state index in [0.717, 1.165) is 64.5 Å². The van der Waals surface area contributed by atoms with Crippen LogP contribution in [0.15, 0.2) is 54.6 Å². The second-order valence-electron chi connectivity index (χ2n) is 9.15. The zero-order chi connectivity index (χ0) is 23.7. The number of aromatic nitrogens is 1. The van der Waals surface area contributed by atoms with E-state index in [2.05, 4.69) is 36.5 Å². The van der Waals surface area contributed by atoms with Gasteiger partial charge < -0.3 is 5.32 Å². The highest BCUT2D eigenvalue weighted by molar-refractivity contribution is 7.20. The molecule has 34 heavy (non-hydrogen) atoms. The van der Waals surface area contributed by atoms with Crippen LogP contribution in [0.4, 0.5) is 5.69 Å². The molecule has 1 aliphatic rings. The molecule has 0 bridgehead atoms. The summed E-state index contributed by atoms with van der Waals surface area (Å²) >= 11 is 1.38. The largest absolute Gasteiger partial charge is 0.352 e. The minimum atomic E-state index is -0.172. The monoisotopic (exact) mass is 471 g/mol. The topological polar surface area (TPSA) is 62.3 Å². The van der Waals surface area contributed by atoms with Crippen molar-refractivity contribution in [3.05, 3.63) is 70.6 Å². The van der Waals surface area contributed by atoms with Crippen molar-refractivity contribution in [1.82, 2.24) is 10.3 Å². The lowest BCUT2D eigenvalue weighted by atomic mass is 10.1. The molecule has 2 heterocycles. The molecule has 0 saturated heterocycles. The Labute approximate surface area is 203 Å². The zero-order valence-corrected chi connectivity index (χ0v) is 20.5. The first-order chi connectivity index (χ1) is 16.5. The lowest BCUT2D eigenvalue weighted by Crippen LogP contribution is -2.43. The number of anilines is 1. The first-order valence-corrected chi connectivity index (χ1v) is 12.8. The average Bonchev–Trinajstić information content (AvgIpc) is 3.50. The van der Waals surface area contributed by atoms with Gasteiger partial charge in [0.05, 0.1) is 10.4 Å². The number of rotatable bonds is 6. The van der Waals surface area contributed by atoms with Crippen LogP contribution in [-0.2, 0) is 11.2 Å². The van der Waals surface area contributed by atoms with Crippen molar-refractivity contribution in [3.8, 4) is 0 Å². The van der Waals surface area contributed by atoms with Gasteiger partial charge in [-0.3, -0.25) is 14.5 Å². The van der Waals surface area contributed by atoms with Gasteiger partial charge in [0.1, 0.15) is 11.4 Å². The van der Waals surface area contributed by atoms with Crippen molar-refractivity contribution in [3.63, 3.8) is 0 Å². The molecule has 1 fully saturated rings. The third-order valence-corrected chi connectivity index (χ3v) is 7.63. The van der Waals surface area contributed by atoms with E-state index in [1.807, 2.05) is 37.3 Å². The summed E-state index contributed by atoms with van der Waals surface area (Å²) in [5, 5.41) is 5.12. The molecule has 5 nitrogen and oxygen atoms in total. The molecule has 0 aliphatic heterocycles. The quantitative estimate of drug-likeness (QED) is 0.374. The van der Waals surface area contributed by atoms with Crippen molar-refractivity contribution < 1.29 is 9.59 Å². The van der Waals surface area contributed by atoms with E-state index in [4.69, 9.17) is 4.98 Å². The molecule has 5 rings (SSSR count). The Hall–Kier alpha value is -3.25.